The molecule has 0 bridgehead atoms. The van der Waals surface area contributed by atoms with Crippen molar-refractivity contribution in [3.63, 3.8) is 0 Å². The first-order chi connectivity index (χ1) is 6.59. The minimum absolute atomic E-state index is 0.0347. The van der Waals surface area contributed by atoms with Gasteiger partial charge in [0.1, 0.15) is 0 Å². The van der Waals surface area contributed by atoms with Crippen molar-refractivity contribution >= 4 is 12.0 Å². The monoisotopic (exact) mass is 201 g/mol. The number of carboxylic acids is 1. The molecule has 0 radical (unpaired) electrons. The van der Waals surface area contributed by atoms with Gasteiger partial charge in [-0.25, -0.2) is 4.79 Å². The molecule has 4 N–H and O–H groups in total. The minimum Gasteiger partial charge on any atom is -0.480 e. The van der Waals surface area contributed by atoms with Crippen LogP contribution in [0.25, 0.3) is 0 Å². The number of nitrogens with one attached hydrogen (secondary N) is 1. The molecule has 0 aromatic heterocycles. The molecule has 1 heterocycles. The number of nitrogens with two attached hydrogens (primary N) is 1. The number of hydrogen-bond donors (Lipinski definition) is 3. The predicted octanol–water partition coefficient (Wildman–Crippen LogP) is -0.939. The van der Waals surface area contributed by atoms with Crippen molar-refractivity contribution in [2.24, 2.45) is 11.7 Å². The Balaban J connectivity index is 2.16. The SMILES string of the molecule is NC(=O)N1CCC(CNCC(=O)O)C1. The summed E-state index contributed by atoms with van der Waals surface area (Å²) in [6.07, 6.45) is 0.884. The van der Waals surface area contributed by atoms with Crippen LogP contribution in [-0.4, -0.2) is 48.2 Å². The number of primary amides is 1. The van der Waals surface area contributed by atoms with Gasteiger partial charge in [0.05, 0.1) is 6.54 Å². The first-order valence-electron chi connectivity index (χ1n) is 4.56. The summed E-state index contributed by atoms with van der Waals surface area (Å²) >= 11 is 0. The van der Waals surface area contributed by atoms with E-state index in [1.165, 1.54) is 0 Å². The lowest BCUT2D eigenvalue weighted by molar-refractivity contribution is -0.136. The normalized spacial score (nSPS) is 21.1. The quantitative estimate of drug-likeness (QED) is 0.547. The van der Waals surface area contributed by atoms with Crippen molar-refractivity contribution in [2.75, 3.05) is 26.2 Å². The van der Waals surface area contributed by atoms with Crippen molar-refractivity contribution in [1.29, 1.82) is 0 Å². The van der Waals surface area contributed by atoms with Gasteiger partial charge in [0, 0.05) is 19.6 Å². The Morgan fingerprint density at radius 3 is 2.79 bits per heavy atom. The number of carboxylic acid groups (broad SMARTS) is 1. The molecule has 0 aromatic rings. The zero-order valence-electron chi connectivity index (χ0n) is 7.90. The summed E-state index contributed by atoms with van der Waals surface area (Å²) < 4.78 is 0. The molecule has 0 spiro atoms. The molecule has 0 aromatic carbocycles. The van der Waals surface area contributed by atoms with Crippen LogP contribution in [0.3, 0.4) is 0 Å². The van der Waals surface area contributed by atoms with Crippen LogP contribution in [0.1, 0.15) is 6.42 Å². The zero-order chi connectivity index (χ0) is 10.6. The van der Waals surface area contributed by atoms with Gasteiger partial charge in [-0.3, -0.25) is 4.79 Å². The van der Waals surface area contributed by atoms with Gasteiger partial charge in [-0.2, -0.15) is 0 Å². The number of hydrogen-bond acceptors (Lipinski definition) is 3. The second kappa shape index (κ2) is 4.80. The predicted molar refractivity (Wildman–Crippen MR) is 49.8 cm³/mol. The molecule has 1 rings (SSSR count). The molecule has 2 amide bonds. The maximum atomic E-state index is 10.8. The summed E-state index contributed by atoms with van der Waals surface area (Å²) in [6.45, 7) is 1.89. The van der Waals surface area contributed by atoms with Gasteiger partial charge >= 0.3 is 12.0 Å². The summed E-state index contributed by atoms with van der Waals surface area (Å²) in [5.41, 5.74) is 5.11. The standard InChI is InChI=1S/C8H15N3O3/c9-8(14)11-2-1-6(5-11)3-10-4-7(12)13/h6,10H,1-5H2,(H2,9,14)(H,12,13). The molecule has 1 saturated heterocycles. The molecule has 1 atom stereocenters. The Kier molecular flexibility index (Phi) is 3.70. The largest absolute Gasteiger partial charge is 0.480 e. The van der Waals surface area contributed by atoms with Gasteiger partial charge in [-0.15, -0.1) is 0 Å². The minimum atomic E-state index is -0.866. The molecule has 0 aliphatic carbocycles. The van der Waals surface area contributed by atoms with E-state index >= 15 is 0 Å². The molecule has 0 saturated carbocycles. The number of rotatable bonds is 4. The van der Waals surface area contributed by atoms with Crippen molar-refractivity contribution in [3.8, 4) is 0 Å². The van der Waals surface area contributed by atoms with Crippen molar-refractivity contribution in [2.45, 2.75) is 6.42 Å². The van der Waals surface area contributed by atoms with E-state index in [9.17, 15) is 9.59 Å². The fraction of sp³-hybridized carbons (Fsp3) is 0.750. The molecule has 6 nitrogen and oxygen atoms in total. The van der Waals surface area contributed by atoms with Crippen LogP contribution in [0.5, 0.6) is 0 Å². The Morgan fingerprint density at radius 2 is 2.29 bits per heavy atom. The van der Waals surface area contributed by atoms with Crippen LogP contribution in [0.2, 0.25) is 0 Å². The number of aliphatic carboxylic acids is 1. The topological polar surface area (TPSA) is 95.7 Å². The number of likely N-dealkylation sites (tertiary alicyclic amines) is 1. The Labute approximate surface area is 82.1 Å². The van der Waals surface area contributed by atoms with E-state index in [0.29, 0.717) is 25.6 Å². The van der Waals surface area contributed by atoms with Crippen molar-refractivity contribution in [1.82, 2.24) is 10.2 Å². The van der Waals surface area contributed by atoms with E-state index < -0.39 is 12.0 Å². The molecule has 1 aliphatic heterocycles. The van der Waals surface area contributed by atoms with Crippen LogP contribution < -0.4 is 11.1 Å². The van der Waals surface area contributed by atoms with Gasteiger partial charge < -0.3 is 21.1 Å². The average molecular weight is 201 g/mol. The first-order valence-corrected chi connectivity index (χ1v) is 4.56. The Morgan fingerprint density at radius 1 is 1.57 bits per heavy atom. The highest BCUT2D eigenvalue weighted by Crippen LogP contribution is 2.14. The van der Waals surface area contributed by atoms with Crippen LogP contribution in [-0.2, 0) is 4.79 Å². The Bertz CT molecular complexity index is 232. The summed E-state index contributed by atoms with van der Waals surface area (Å²) in [6, 6.07) is -0.397. The molecule has 1 unspecified atom stereocenters. The third kappa shape index (κ3) is 3.21. The highest BCUT2D eigenvalue weighted by molar-refractivity contribution is 5.72. The average Bonchev–Trinajstić information content (AvgIpc) is 2.52. The first kappa shape index (κ1) is 10.8. The lowest BCUT2D eigenvalue weighted by Gasteiger charge is -2.13. The van der Waals surface area contributed by atoms with E-state index in [1.807, 2.05) is 0 Å². The van der Waals surface area contributed by atoms with E-state index in [-0.39, 0.29) is 6.54 Å². The lowest BCUT2D eigenvalue weighted by Crippen LogP contribution is -2.35. The van der Waals surface area contributed by atoms with Crippen LogP contribution >= 0.6 is 0 Å². The summed E-state index contributed by atoms with van der Waals surface area (Å²) in [5.74, 6) is -0.545. The number of carbonyl (C=O) groups excluding carboxylic acids is 1. The maximum Gasteiger partial charge on any atom is 0.317 e. The second-order valence-corrected chi connectivity index (χ2v) is 3.46. The smallest absolute Gasteiger partial charge is 0.317 e. The molecular weight excluding hydrogens is 186 g/mol. The molecule has 14 heavy (non-hydrogen) atoms. The zero-order valence-corrected chi connectivity index (χ0v) is 7.90. The van der Waals surface area contributed by atoms with Gasteiger partial charge in [0.2, 0.25) is 0 Å². The van der Waals surface area contributed by atoms with Crippen molar-refractivity contribution < 1.29 is 14.7 Å². The van der Waals surface area contributed by atoms with Gasteiger partial charge in [0.25, 0.3) is 0 Å². The number of nitrogens with zero attached hydrogens (tertiary/aromatic N) is 1. The van der Waals surface area contributed by atoms with E-state index in [0.717, 1.165) is 6.42 Å². The molecule has 1 aliphatic rings. The number of urea groups is 1. The Hall–Kier alpha value is -1.30. The van der Waals surface area contributed by atoms with E-state index in [4.69, 9.17) is 10.8 Å². The van der Waals surface area contributed by atoms with Crippen molar-refractivity contribution in [3.05, 3.63) is 0 Å². The summed E-state index contributed by atoms with van der Waals surface area (Å²) in [7, 11) is 0. The molecule has 1 fully saturated rings. The molecule has 80 valence electrons. The van der Waals surface area contributed by atoms with Gasteiger partial charge in [-0.1, -0.05) is 0 Å². The second-order valence-electron chi connectivity index (χ2n) is 3.46. The van der Waals surface area contributed by atoms with Gasteiger partial charge in [0.15, 0.2) is 0 Å². The number of amides is 2. The van der Waals surface area contributed by atoms with Gasteiger partial charge in [-0.05, 0) is 12.3 Å². The maximum absolute atomic E-state index is 10.8. The van der Waals surface area contributed by atoms with Crippen LogP contribution in [0.15, 0.2) is 0 Å². The fourth-order valence-electron chi connectivity index (χ4n) is 1.58. The number of carbonyl (C=O) groups is 2. The van der Waals surface area contributed by atoms with Crippen LogP contribution in [0, 0.1) is 5.92 Å². The lowest BCUT2D eigenvalue weighted by atomic mass is 10.1. The molecular formula is C8H15N3O3. The summed E-state index contributed by atoms with van der Waals surface area (Å²) in [4.78, 5) is 22.5. The third-order valence-corrected chi connectivity index (χ3v) is 2.31. The highest BCUT2D eigenvalue weighted by Gasteiger charge is 2.24. The third-order valence-electron chi connectivity index (χ3n) is 2.31. The molecule has 6 heteroatoms. The highest BCUT2D eigenvalue weighted by atomic mass is 16.4. The van der Waals surface area contributed by atoms with E-state index in [1.54, 1.807) is 4.90 Å². The van der Waals surface area contributed by atoms with E-state index in [2.05, 4.69) is 5.32 Å². The summed E-state index contributed by atoms with van der Waals surface area (Å²) in [5, 5.41) is 11.2. The van der Waals surface area contributed by atoms with Crippen LogP contribution in [0.4, 0.5) is 4.79 Å². The fourth-order valence-corrected chi connectivity index (χ4v) is 1.58.